The maximum atomic E-state index is 5.62. The zero-order chi connectivity index (χ0) is 8.55. The zero-order valence-corrected chi connectivity index (χ0v) is 7.38. The second-order valence-corrected chi connectivity index (χ2v) is 3.60. The van der Waals surface area contributed by atoms with Crippen LogP contribution in [0.25, 0.3) is 0 Å². The van der Waals surface area contributed by atoms with Crippen molar-refractivity contribution in [1.82, 2.24) is 4.98 Å². The molecule has 0 amide bonds. The van der Waals surface area contributed by atoms with Crippen molar-refractivity contribution in [2.45, 2.75) is 32.1 Å². The second-order valence-electron chi connectivity index (χ2n) is 3.60. The molecule has 0 saturated heterocycles. The number of pyridine rings is 1. The predicted octanol–water partition coefficient (Wildman–Crippen LogP) is 2.10. The molecule has 0 aliphatic heterocycles. The van der Waals surface area contributed by atoms with Crippen LogP contribution in [-0.2, 0) is 6.42 Å². The summed E-state index contributed by atoms with van der Waals surface area (Å²) in [4.78, 5) is 4.12. The van der Waals surface area contributed by atoms with E-state index in [1.807, 2.05) is 12.3 Å². The van der Waals surface area contributed by atoms with Gasteiger partial charge in [-0.2, -0.15) is 0 Å². The number of rotatable bonds is 0. The number of anilines is 1. The van der Waals surface area contributed by atoms with E-state index in [-0.39, 0.29) is 0 Å². The van der Waals surface area contributed by atoms with Crippen LogP contribution >= 0.6 is 0 Å². The van der Waals surface area contributed by atoms with Crippen LogP contribution < -0.4 is 5.73 Å². The fraction of sp³-hybridized carbons (Fsp3) is 0.500. The predicted molar refractivity (Wildman–Crippen MR) is 50.0 cm³/mol. The Kier molecular flexibility index (Phi) is 1.75. The van der Waals surface area contributed by atoms with E-state index in [4.69, 9.17) is 5.73 Å². The highest BCUT2D eigenvalue weighted by molar-refractivity contribution is 5.39. The van der Waals surface area contributed by atoms with Gasteiger partial charge in [-0.05, 0) is 42.4 Å². The van der Waals surface area contributed by atoms with E-state index in [0.29, 0.717) is 11.7 Å². The molecule has 1 aliphatic carbocycles. The lowest BCUT2D eigenvalue weighted by Gasteiger charge is -2.21. The highest BCUT2D eigenvalue weighted by Crippen LogP contribution is 2.30. The average molecular weight is 162 g/mol. The summed E-state index contributed by atoms with van der Waals surface area (Å²) in [7, 11) is 0. The lowest BCUT2D eigenvalue weighted by atomic mass is 9.85. The molecule has 2 rings (SSSR count). The topological polar surface area (TPSA) is 38.9 Å². The molecule has 0 radical (unpaired) electrons. The van der Waals surface area contributed by atoms with Gasteiger partial charge < -0.3 is 5.73 Å². The van der Waals surface area contributed by atoms with E-state index in [9.17, 15) is 0 Å². The molecule has 1 heterocycles. The molecule has 64 valence electrons. The Morgan fingerprint density at radius 2 is 2.42 bits per heavy atom. The van der Waals surface area contributed by atoms with E-state index in [0.717, 1.165) is 0 Å². The normalized spacial score (nSPS) is 21.9. The maximum absolute atomic E-state index is 5.62. The van der Waals surface area contributed by atoms with Gasteiger partial charge in [0.25, 0.3) is 0 Å². The Morgan fingerprint density at radius 3 is 3.25 bits per heavy atom. The van der Waals surface area contributed by atoms with Gasteiger partial charge >= 0.3 is 0 Å². The Morgan fingerprint density at radius 1 is 1.58 bits per heavy atom. The lowest BCUT2D eigenvalue weighted by Crippen LogP contribution is -2.08. The molecule has 1 aromatic heterocycles. The molecular weight excluding hydrogens is 148 g/mol. The highest BCUT2D eigenvalue weighted by Gasteiger charge is 2.16. The van der Waals surface area contributed by atoms with Gasteiger partial charge in [0, 0.05) is 6.20 Å². The van der Waals surface area contributed by atoms with E-state index in [1.165, 1.54) is 30.4 Å². The van der Waals surface area contributed by atoms with Gasteiger partial charge in [-0.3, -0.25) is 0 Å². The number of hydrogen-bond donors (Lipinski definition) is 1. The molecule has 0 bridgehead atoms. The number of aromatic nitrogens is 1. The molecule has 0 fully saturated rings. The molecule has 1 atom stereocenters. The van der Waals surface area contributed by atoms with E-state index >= 15 is 0 Å². The highest BCUT2D eigenvalue weighted by atomic mass is 14.8. The van der Waals surface area contributed by atoms with Crippen LogP contribution in [0.1, 0.15) is 36.8 Å². The summed E-state index contributed by atoms with van der Waals surface area (Å²) in [5, 5.41) is 0. The molecule has 2 nitrogen and oxygen atoms in total. The molecule has 1 unspecified atom stereocenters. The van der Waals surface area contributed by atoms with E-state index in [2.05, 4.69) is 11.9 Å². The number of hydrogen-bond acceptors (Lipinski definition) is 2. The summed E-state index contributed by atoms with van der Waals surface area (Å²) in [5.41, 5.74) is 8.42. The number of fused-ring (bicyclic) bond motifs is 1. The minimum absolute atomic E-state index is 0.655. The smallest absolute Gasteiger partial charge is 0.123 e. The molecule has 1 aromatic rings. The summed E-state index contributed by atoms with van der Waals surface area (Å²) >= 11 is 0. The van der Waals surface area contributed by atoms with Crippen LogP contribution in [0, 0.1) is 0 Å². The maximum Gasteiger partial charge on any atom is 0.123 e. The molecule has 2 N–H and O–H groups in total. The van der Waals surface area contributed by atoms with Crippen LogP contribution in [0.3, 0.4) is 0 Å². The van der Waals surface area contributed by atoms with Crippen molar-refractivity contribution in [3.05, 3.63) is 23.4 Å². The third kappa shape index (κ3) is 1.17. The molecular formula is C10H14N2. The van der Waals surface area contributed by atoms with Crippen molar-refractivity contribution in [3.8, 4) is 0 Å². The molecule has 0 spiro atoms. The summed E-state index contributed by atoms with van der Waals surface area (Å²) in [6, 6.07) is 2.02. The third-order valence-corrected chi connectivity index (χ3v) is 2.66. The van der Waals surface area contributed by atoms with Crippen LogP contribution in [0.2, 0.25) is 0 Å². The fourth-order valence-electron chi connectivity index (χ4n) is 1.94. The SMILES string of the molecule is CC1CCCc2cc(N)ncc21. The minimum atomic E-state index is 0.655. The standard InChI is InChI=1S/C10H14N2/c1-7-3-2-4-8-5-10(11)12-6-9(7)8/h5-7H,2-4H2,1H3,(H2,11,12). The first kappa shape index (κ1) is 7.59. The van der Waals surface area contributed by atoms with Gasteiger partial charge in [0.1, 0.15) is 5.82 Å². The number of nitrogen functional groups attached to an aromatic ring is 1. The van der Waals surface area contributed by atoms with Crippen molar-refractivity contribution >= 4 is 5.82 Å². The van der Waals surface area contributed by atoms with E-state index < -0.39 is 0 Å². The molecule has 2 heteroatoms. The van der Waals surface area contributed by atoms with Crippen molar-refractivity contribution in [3.63, 3.8) is 0 Å². The fourth-order valence-corrected chi connectivity index (χ4v) is 1.94. The van der Waals surface area contributed by atoms with Crippen LogP contribution in [0.15, 0.2) is 12.3 Å². The van der Waals surface area contributed by atoms with Gasteiger partial charge in [0.15, 0.2) is 0 Å². The largest absolute Gasteiger partial charge is 0.384 e. The average Bonchev–Trinajstić information content (AvgIpc) is 2.04. The Bertz CT molecular complexity index is 294. The minimum Gasteiger partial charge on any atom is -0.384 e. The van der Waals surface area contributed by atoms with Crippen LogP contribution in [-0.4, -0.2) is 4.98 Å². The van der Waals surface area contributed by atoms with Gasteiger partial charge in [-0.1, -0.05) is 6.92 Å². The Balaban J connectivity index is 2.46. The Labute approximate surface area is 72.8 Å². The second kappa shape index (κ2) is 2.77. The van der Waals surface area contributed by atoms with Gasteiger partial charge in [-0.25, -0.2) is 4.98 Å². The first-order chi connectivity index (χ1) is 5.77. The van der Waals surface area contributed by atoms with Crippen molar-refractivity contribution in [2.24, 2.45) is 0 Å². The summed E-state index contributed by atoms with van der Waals surface area (Å²) in [6.07, 6.45) is 5.69. The lowest BCUT2D eigenvalue weighted by molar-refractivity contribution is 0.588. The van der Waals surface area contributed by atoms with Crippen molar-refractivity contribution in [1.29, 1.82) is 0 Å². The number of aryl methyl sites for hydroxylation is 1. The molecule has 0 saturated carbocycles. The molecule has 0 aromatic carbocycles. The summed E-state index contributed by atoms with van der Waals surface area (Å²) in [5.74, 6) is 1.32. The third-order valence-electron chi connectivity index (χ3n) is 2.66. The first-order valence-corrected chi connectivity index (χ1v) is 4.51. The summed E-state index contributed by atoms with van der Waals surface area (Å²) in [6.45, 7) is 2.26. The molecule has 1 aliphatic rings. The van der Waals surface area contributed by atoms with Gasteiger partial charge in [-0.15, -0.1) is 0 Å². The quantitative estimate of drug-likeness (QED) is 0.634. The first-order valence-electron chi connectivity index (χ1n) is 4.51. The van der Waals surface area contributed by atoms with Crippen molar-refractivity contribution < 1.29 is 0 Å². The monoisotopic (exact) mass is 162 g/mol. The Hall–Kier alpha value is -1.05. The van der Waals surface area contributed by atoms with Gasteiger partial charge in [0.2, 0.25) is 0 Å². The molecule has 12 heavy (non-hydrogen) atoms. The van der Waals surface area contributed by atoms with Crippen LogP contribution in [0.5, 0.6) is 0 Å². The van der Waals surface area contributed by atoms with E-state index in [1.54, 1.807) is 0 Å². The number of nitrogens with two attached hydrogens (primary N) is 1. The van der Waals surface area contributed by atoms with Crippen molar-refractivity contribution in [2.75, 3.05) is 5.73 Å². The zero-order valence-electron chi connectivity index (χ0n) is 7.38. The van der Waals surface area contributed by atoms with Crippen LogP contribution in [0.4, 0.5) is 5.82 Å². The van der Waals surface area contributed by atoms with Gasteiger partial charge in [0.05, 0.1) is 0 Å². The number of nitrogens with zero attached hydrogens (tertiary/aromatic N) is 1. The summed E-state index contributed by atoms with van der Waals surface area (Å²) < 4.78 is 0.